The van der Waals surface area contributed by atoms with Crippen LogP contribution in [0.3, 0.4) is 0 Å². The number of nitrogens with zero attached hydrogens (tertiary/aromatic N) is 3. The van der Waals surface area contributed by atoms with Gasteiger partial charge in [-0.15, -0.1) is 5.10 Å². The largest absolute Gasteiger partial charge is 0.357 e. The quantitative estimate of drug-likeness (QED) is 0.795. The van der Waals surface area contributed by atoms with Gasteiger partial charge in [0.15, 0.2) is 0 Å². The van der Waals surface area contributed by atoms with Crippen molar-refractivity contribution in [2.75, 3.05) is 0 Å². The topological polar surface area (TPSA) is 39.9 Å². The summed E-state index contributed by atoms with van der Waals surface area (Å²) in [5.41, 5.74) is 1.97. The lowest BCUT2D eigenvalue weighted by molar-refractivity contribution is 0.00305. The third-order valence-corrected chi connectivity index (χ3v) is 4.60. The number of benzene rings is 1. The summed E-state index contributed by atoms with van der Waals surface area (Å²) in [7, 11) is -1.53. The van der Waals surface area contributed by atoms with Crippen molar-refractivity contribution in [1.82, 2.24) is 15.0 Å². The predicted octanol–water partition coefficient (Wildman–Crippen LogP) is 3.23. The fourth-order valence-electron chi connectivity index (χ4n) is 1.95. The second-order valence-corrected chi connectivity index (χ2v) is 11.2. The molecule has 1 heterocycles. The molecule has 0 saturated heterocycles. The normalized spacial score (nSPS) is 14.3. The molecule has 5 heteroatoms. The number of fused-ring (bicyclic) bond motifs is 1. The Labute approximate surface area is 109 Å². The van der Waals surface area contributed by atoms with Crippen LogP contribution in [0.25, 0.3) is 11.0 Å². The minimum atomic E-state index is -1.53. The lowest BCUT2D eigenvalue weighted by atomic mass is 10.3. The molecule has 2 rings (SSSR count). The molecule has 4 nitrogen and oxygen atoms in total. The second-order valence-electron chi connectivity index (χ2n) is 5.93. The average molecular weight is 263 g/mol. The van der Waals surface area contributed by atoms with Gasteiger partial charge in [-0.25, -0.2) is 4.68 Å². The first kappa shape index (κ1) is 13.2. The summed E-state index contributed by atoms with van der Waals surface area (Å²) in [5.74, 6) is 0.0184. The van der Waals surface area contributed by atoms with Gasteiger partial charge in [-0.05, 0) is 26.0 Å². The highest BCUT2D eigenvalue weighted by atomic mass is 28.3. The molecule has 18 heavy (non-hydrogen) atoms. The minimum absolute atomic E-state index is 0.0184. The van der Waals surface area contributed by atoms with Gasteiger partial charge in [0, 0.05) is 0 Å². The SMILES string of the molecule is CC(C)OC(n1nnc2ccccc21)[Si](C)(C)C. The Morgan fingerprint density at radius 1 is 1.17 bits per heavy atom. The number of hydrogen-bond acceptors (Lipinski definition) is 3. The van der Waals surface area contributed by atoms with E-state index in [1.807, 2.05) is 28.9 Å². The fraction of sp³-hybridized carbons (Fsp3) is 0.538. The van der Waals surface area contributed by atoms with E-state index < -0.39 is 8.07 Å². The van der Waals surface area contributed by atoms with Crippen molar-refractivity contribution in [3.8, 4) is 0 Å². The molecule has 0 spiro atoms. The summed E-state index contributed by atoms with van der Waals surface area (Å²) in [6.07, 6.45) is 0.185. The molecular weight excluding hydrogens is 242 g/mol. The molecule has 1 unspecified atom stereocenters. The molecule has 0 amide bonds. The van der Waals surface area contributed by atoms with E-state index in [-0.39, 0.29) is 12.0 Å². The highest BCUT2D eigenvalue weighted by Gasteiger charge is 2.32. The van der Waals surface area contributed by atoms with Crippen LogP contribution in [0.15, 0.2) is 24.3 Å². The van der Waals surface area contributed by atoms with Crippen molar-refractivity contribution in [3.05, 3.63) is 24.3 Å². The summed E-state index contributed by atoms with van der Waals surface area (Å²) < 4.78 is 8.04. The van der Waals surface area contributed by atoms with E-state index >= 15 is 0 Å². The molecule has 0 radical (unpaired) electrons. The van der Waals surface area contributed by atoms with Crippen molar-refractivity contribution in [2.45, 2.75) is 45.4 Å². The van der Waals surface area contributed by atoms with Crippen LogP contribution in [0.4, 0.5) is 0 Å². The molecule has 2 aromatic rings. The van der Waals surface area contributed by atoms with Crippen molar-refractivity contribution < 1.29 is 4.74 Å². The molecule has 1 atom stereocenters. The Kier molecular flexibility index (Phi) is 3.54. The molecule has 0 N–H and O–H groups in total. The monoisotopic (exact) mass is 263 g/mol. The van der Waals surface area contributed by atoms with Crippen LogP contribution in [0.5, 0.6) is 0 Å². The first-order valence-electron chi connectivity index (χ1n) is 6.35. The van der Waals surface area contributed by atoms with E-state index in [1.54, 1.807) is 0 Å². The smallest absolute Gasteiger partial charge is 0.137 e. The summed E-state index contributed by atoms with van der Waals surface area (Å²) in [4.78, 5) is 0. The Balaban J connectivity index is 2.48. The van der Waals surface area contributed by atoms with Crippen LogP contribution in [-0.2, 0) is 4.74 Å². The van der Waals surface area contributed by atoms with Gasteiger partial charge < -0.3 is 4.74 Å². The van der Waals surface area contributed by atoms with Gasteiger partial charge >= 0.3 is 0 Å². The Morgan fingerprint density at radius 3 is 2.44 bits per heavy atom. The Bertz CT molecular complexity index is 530. The number of ether oxygens (including phenoxy) is 1. The van der Waals surface area contributed by atoms with Crippen molar-refractivity contribution in [3.63, 3.8) is 0 Å². The van der Waals surface area contributed by atoms with E-state index in [9.17, 15) is 0 Å². The van der Waals surface area contributed by atoms with Gasteiger partial charge in [-0.2, -0.15) is 0 Å². The zero-order valence-corrected chi connectivity index (χ0v) is 12.7. The Morgan fingerprint density at radius 2 is 1.83 bits per heavy atom. The average Bonchev–Trinajstić information content (AvgIpc) is 2.67. The second kappa shape index (κ2) is 4.82. The highest BCUT2D eigenvalue weighted by Crippen LogP contribution is 2.26. The molecule has 98 valence electrons. The highest BCUT2D eigenvalue weighted by molar-refractivity contribution is 6.76. The lowest BCUT2D eigenvalue weighted by Gasteiger charge is -2.30. The number of aromatic nitrogens is 3. The van der Waals surface area contributed by atoms with Gasteiger partial charge in [-0.1, -0.05) is 37.0 Å². The molecule has 0 aliphatic rings. The van der Waals surface area contributed by atoms with E-state index in [1.165, 1.54) is 0 Å². The van der Waals surface area contributed by atoms with E-state index in [0.717, 1.165) is 11.0 Å². The van der Waals surface area contributed by atoms with Crippen molar-refractivity contribution in [1.29, 1.82) is 0 Å². The van der Waals surface area contributed by atoms with Crippen LogP contribution in [0, 0.1) is 0 Å². The van der Waals surface area contributed by atoms with Crippen LogP contribution < -0.4 is 0 Å². The molecule has 0 aliphatic heterocycles. The van der Waals surface area contributed by atoms with Gasteiger partial charge in [0.25, 0.3) is 0 Å². The summed E-state index contributed by atoms with van der Waals surface area (Å²) in [6.45, 7) is 11.0. The third-order valence-electron chi connectivity index (χ3n) is 2.74. The Hall–Kier alpha value is -1.20. The molecule has 0 aliphatic carbocycles. The molecule has 0 fully saturated rings. The molecule has 0 bridgehead atoms. The number of hydrogen-bond donors (Lipinski definition) is 0. The minimum Gasteiger partial charge on any atom is -0.357 e. The van der Waals surface area contributed by atoms with Gasteiger partial charge in [0.05, 0.1) is 11.6 Å². The van der Waals surface area contributed by atoms with E-state index in [4.69, 9.17) is 4.74 Å². The summed E-state index contributed by atoms with van der Waals surface area (Å²) in [5, 5.41) is 8.51. The maximum absolute atomic E-state index is 6.09. The molecule has 1 aromatic heterocycles. The van der Waals surface area contributed by atoms with Crippen molar-refractivity contribution in [2.24, 2.45) is 0 Å². The predicted molar refractivity (Wildman–Crippen MR) is 76.1 cm³/mol. The van der Waals surface area contributed by atoms with E-state index in [2.05, 4.69) is 43.8 Å². The standard InChI is InChI=1S/C13H21N3OSi/c1-10(2)17-13(18(3,4)5)16-12-9-7-6-8-11(12)14-15-16/h6-10,13H,1-5H3. The van der Waals surface area contributed by atoms with Gasteiger partial charge in [0.1, 0.15) is 19.4 Å². The third kappa shape index (κ3) is 2.62. The zero-order valence-electron chi connectivity index (χ0n) is 11.7. The maximum Gasteiger partial charge on any atom is 0.137 e. The first-order valence-corrected chi connectivity index (χ1v) is 9.92. The van der Waals surface area contributed by atoms with E-state index in [0.29, 0.717) is 0 Å². The van der Waals surface area contributed by atoms with Gasteiger partial charge in [0.2, 0.25) is 0 Å². The van der Waals surface area contributed by atoms with Gasteiger partial charge in [-0.3, -0.25) is 0 Å². The van der Waals surface area contributed by atoms with Crippen LogP contribution in [-0.4, -0.2) is 29.2 Å². The zero-order chi connectivity index (χ0) is 13.3. The molecule has 0 saturated carbocycles. The maximum atomic E-state index is 6.09. The van der Waals surface area contributed by atoms with Crippen LogP contribution in [0.1, 0.15) is 19.7 Å². The summed E-state index contributed by atoms with van der Waals surface area (Å²) in [6, 6.07) is 8.02. The van der Waals surface area contributed by atoms with Crippen LogP contribution >= 0.6 is 0 Å². The number of para-hydroxylation sites is 1. The molecular formula is C13H21N3OSi. The molecule has 1 aromatic carbocycles. The fourth-order valence-corrected chi connectivity index (χ4v) is 3.55. The summed E-state index contributed by atoms with van der Waals surface area (Å²) >= 11 is 0. The first-order chi connectivity index (χ1) is 8.39. The lowest BCUT2D eigenvalue weighted by Crippen LogP contribution is -2.39. The van der Waals surface area contributed by atoms with Crippen molar-refractivity contribution >= 4 is 19.1 Å². The van der Waals surface area contributed by atoms with Crippen LogP contribution in [0.2, 0.25) is 19.6 Å². The number of rotatable bonds is 4.